The molecule has 0 radical (unpaired) electrons. The molecule has 2 atom stereocenters. The Hall–Kier alpha value is -3.95. The predicted octanol–water partition coefficient (Wildman–Crippen LogP) is 6.19. The predicted molar refractivity (Wildman–Crippen MR) is 123 cm³/mol. The number of rotatable bonds is 5. The van der Waals surface area contributed by atoms with Crippen LogP contribution in [0.2, 0.25) is 0 Å². The molecule has 0 saturated carbocycles. The zero-order valence-corrected chi connectivity index (χ0v) is 19.0. The molecule has 0 bridgehead atoms. The number of fused-ring (bicyclic) bond motifs is 1. The van der Waals surface area contributed by atoms with Crippen LogP contribution in [0.4, 0.5) is 27.6 Å². The Morgan fingerprint density at radius 3 is 2.47 bits per heavy atom. The smallest absolute Gasteiger partial charge is 0.281 e. The van der Waals surface area contributed by atoms with Crippen LogP contribution in [0.15, 0.2) is 36.4 Å². The number of hydrogen-bond donors (Lipinski definition) is 2. The molecule has 0 fully saturated rings. The quantitative estimate of drug-likeness (QED) is 0.325. The van der Waals surface area contributed by atoms with E-state index in [0.717, 1.165) is 18.2 Å². The molecule has 0 amide bonds. The Morgan fingerprint density at radius 1 is 1.14 bits per heavy atom. The summed E-state index contributed by atoms with van der Waals surface area (Å²) in [6.07, 6.45) is -5.26. The fraction of sp³-hybridized carbons (Fsp3) is 0.259. The number of anilines is 1. The summed E-state index contributed by atoms with van der Waals surface area (Å²) >= 11 is 0. The van der Waals surface area contributed by atoms with E-state index in [4.69, 9.17) is 11.0 Å². The third-order valence-electron chi connectivity index (χ3n) is 6.49. The number of aliphatic hydroxyl groups excluding tert-OH is 1. The van der Waals surface area contributed by atoms with Gasteiger partial charge in [0.2, 0.25) is 0 Å². The molecule has 3 aromatic carbocycles. The van der Waals surface area contributed by atoms with Gasteiger partial charge in [-0.2, -0.15) is 10.5 Å². The van der Waals surface area contributed by atoms with Crippen LogP contribution >= 0.6 is 0 Å². The number of hydrogen-bond acceptors (Lipinski definition) is 4. The first-order chi connectivity index (χ1) is 17.0. The van der Waals surface area contributed by atoms with Crippen molar-refractivity contribution in [1.29, 1.82) is 10.5 Å². The molecule has 1 aliphatic rings. The molecule has 3 aromatic rings. The van der Waals surface area contributed by atoms with Crippen molar-refractivity contribution in [1.82, 2.24) is 0 Å². The molecule has 36 heavy (non-hydrogen) atoms. The van der Waals surface area contributed by atoms with E-state index < -0.39 is 36.3 Å². The number of benzene rings is 3. The molecule has 4 rings (SSSR count). The second-order valence-corrected chi connectivity index (χ2v) is 8.72. The van der Waals surface area contributed by atoms with E-state index >= 15 is 4.39 Å². The van der Waals surface area contributed by atoms with Gasteiger partial charge >= 0.3 is 0 Å². The van der Waals surface area contributed by atoms with Crippen molar-refractivity contribution in [2.24, 2.45) is 0 Å². The van der Waals surface area contributed by atoms with Crippen LogP contribution in [0.3, 0.4) is 0 Å². The average Bonchev–Trinajstić information content (AvgIpc) is 3.08. The SMILES string of the molecule is CCC(F)c1cc(F)cc(C#N)c1Cc1cc(F)c(-c2ccc(C#N)cc2N)c2c1CC(F)(F)C2O. The first-order valence-electron chi connectivity index (χ1n) is 11.1. The minimum atomic E-state index is -3.63. The lowest BCUT2D eigenvalue weighted by molar-refractivity contribution is -0.0967. The van der Waals surface area contributed by atoms with Gasteiger partial charge in [-0.3, -0.25) is 0 Å². The van der Waals surface area contributed by atoms with Crippen molar-refractivity contribution >= 4 is 5.69 Å². The van der Waals surface area contributed by atoms with Crippen molar-refractivity contribution in [2.45, 2.75) is 44.4 Å². The highest BCUT2D eigenvalue weighted by molar-refractivity contribution is 5.82. The van der Waals surface area contributed by atoms with E-state index in [1.165, 1.54) is 25.1 Å². The van der Waals surface area contributed by atoms with Gasteiger partial charge in [-0.05, 0) is 65.4 Å². The molecule has 1 aliphatic carbocycles. The Labute approximate surface area is 204 Å². The maximum absolute atomic E-state index is 15.6. The Bertz CT molecular complexity index is 1460. The first kappa shape index (κ1) is 25.2. The van der Waals surface area contributed by atoms with Crippen molar-refractivity contribution in [3.05, 3.63) is 87.0 Å². The minimum absolute atomic E-state index is 0.0161. The van der Waals surface area contributed by atoms with E-state index in [-0.39, 0.29) is 68.6 Å². The molecule has 0 saturated heterocycles. The molecule has 2 unspecified atom stereocenters. The first-order valence-corrected chi connectivity index (χ1v) is 11.1. The number of alkyl halides is 3. The van der Waals surface area contributed by atoms with Gasteiger partial charge < -0.3 is 10.8 Å². The summed E-state index contributed by atoms with van der Waals surface area (Å²) in [6, 6.07) is 10.5. The maximum atomic E-state index is 15.6. The van der Waals surface area contributed by atoms with Gasteiger partial charge in [0.1, 0.15) is 23.9 Å². The zero-order chi connectivity index (χ0) is 26.4. The monoisotopic (exact) mass is 497 g/mol. The van der Waals surface area contributed by atoms with Gasteiger partial charge in [0.15, 0.2) is 0 Å². The number of nitrogens with two attached hydrogens (primary N) is 1. The van der Waals surface area contributed by atoms with Gasteiger partial charge in [0.05, 0.1) is 23.3 Å². The highest BCUT2D eigenvalue weighted by atomic mass is 19.3. The molecule has 4 nitrogen and oxygen atoms in total. The van der Waals surface area contributed by atoms with Crippen molar-refractivity contribution in [3.63, 3.8) is 0 Å². The van der Waals surface area contributed by atoms with Gasteiger partial charge in [-0.25, -0.2) is 22.0 Å². The molecular formula is C27H20F5N3O. The van der Waals surface area contributed by atoms with Crippen LogP contribution in [0.25, 0.3) is 11.1 Å². The number of aliphatic hydroxyl groups is 1. The standard InChI is InChI=1S/C27H20F5N3O/c1-2-21(29)19-9-16(28)6-15(12-34)18(19)7-14-8-22(30)24(17-4-3-13(11-33)5-23(17)35)25-20(14)10-27(31,32)26(25)36/h3-6,8-9,21,26,36H,2,7,10,35H2,1H3. The fourth-order valence-electron chi connectivity index (χ4n) is 4.75. The largest absolute Gasteiger partial charge is 0.398 e. The zero-order valence-electron chi connectivity index (χ0n) is 19.0. The number of nitriles is 2. The Kier molecular flexibility index (Phi) is 6.46. The van der Waals surface area contributed by atoms with Crippen LogP contribution in [0, 0.1) is 34.3 Å². The molecule has 184 valence electrons. The number of nitrogens with zero attached hydrogens (tertiary/aromatic N) is 2. The summed E-state index contributed by atoms with van der Waals surface area (Å²) < 4.78 is 73.8. The second-order valence-electron chi connectivity index (χ2n) is 8.72. The summed E-state index contributed by atoms with van der Waals surface area (Å²) in [5.74, 6) is -5.42. The second kappa shape index (κ2) is 9.25. The minimum Gasteiger partial charge on any atom is -0.398 e. The normalized spacial score (nSPS) is 16.8. The molecule has 0 aromatic heterocycles. The van der Waals surface area contributed by atoms with Gasteiger partial charge in [-0.1, -0.05) is 13.0 Å². The van der Waals surface area contributed by atoms with Crippen LogP contribution in [-0.2, 0) is 12.8 Å². The van der Waals surface area contributed by atoms with Gasteiger partial charge in [0.25, 0.3) is 5.92 Å². The van der Waals surface area contributed by atoms with Crippen LogP contribution < -0.4 is 5.73 Å². The number of halogens is 5. The molecule has 0 aliphatic heterocycles. The molecule has 3 N–H and O–H groups in total. The van der Waals surface area contributed by atoms with Gasteiger partial charge in [-0.15, -0.1) is 0 Å². The third kappa shape index (κ3) is 4.16. The number of nitrogen functional groups attached to an aromatic ring is 1. The third-order valence-corrected chi connectivity index (χ3v) is 6.49. The summed E-state index contributed by atoms with van der Waals surface area (Å²) in [5.41, 5.74) is 5.18. The van der Waals surface area contributed by atoms with E-state index in [1.807, 2.05) is 6.07 Å². The van der Waals surface area contributed by atoms with E-state index in [9.17, 15) is 27.9 Å². The average molecular weight is 497 g/mol. The summed E-state index contributed by atoms with van der Waals surface area (Å²) in [5, 5.41) is 29.1. The lowest BCUT2D eigenvalue weighted by atomic mass is 9.86. The Morgan fingerprint density at radius 2 is 1.86 bits per heavy atom. The lowest BCUT2D eigenvalue weighted by Gasteiger charge is -2.20. The summed E-state index contributed by atoms with van der Waals surface area (Å²) in [6.45, 7) is 1.52. The maximum Gasteiger partial charge on any atom is 0.281 e. The van der Waals surface area contributed by atoms with E-state index in [0.29, 0.717) is 0 Å². The molecule has 0 spiro atoms. The Balaban J connectivity index is 1.97. The fourth-order valence-corrected chi connectivity index (χ4v) is 4.75. The van der Waals surface area contributed by atoms with Gasteiger partial charge in [0, 0.05) is 28.8 Å². The van der Waals surface area contributed by atoms with Crippen LogP contribution in [0.5, 0.6) is 0 Å². The van der Waals surface area contributed by atoms with Crippen LogP contribution in [-0.4, -0.2) is 11.0 Å². The van der Waals surface area contributed by atoms with Crippen molar-refractivity contribution in [3.8, 4) is 23.3 Å². The molecular weight excluding hydrogens is 477 g/mol. The van der Waals surface area contributed by atoms with E-state index in [1.54, 1.807) is 6.07 Å². The highest BCUT2D eigenvalue weighted by Crippen LogP contribution is 2.50. The van der Waals surface area contributed by atoms with Crippen molar-refractivity contribution in [2.75, 3.05) is 5.73 Å². The highest BCUT2D eigenvalue weighted by Gasteiger charge is 2.49. The topological polar surface area (TPSA) is 93.8 Å². The summed E-state index contributed by atoms with van der Waals surface area (Å²) in [7, 11) is 0. The molecule has 9 heteroatoms. The van der Waals surface area contributed by atoms with Crippen molar-refractivity contribution < 1.29 is 27.1 Å². The molecule has 0 heterocycles. The lowest BCUT2D eigenvalue weighted by Crippen LogP contribution is -2.21. The summed E-state index contributed by atoms with van der Waals surface area (Å²) in [4.78, 5) is 0. The van der Waals surface area contributed by atoms with E-state index in [2.05, 4.69) is 0 Å². The van der Waals surface area contributed by atoms with Crippen LogP contribution in [0.1, 0.15) is 64.6 Å².